The second-order valence-corrected chi connectivity index (χ2v) is 8.42. The fourth-order valence-electron chi connectivity index (χ4n) is 3.26. The number of sulfonamides is 1. The summed E-state index contributed by atoms with van der Waals surface area (Å²) in [6, 6.07) is 17.1. The molecule has 0 amide bonds. The molecule has 6 nitrogen and oxygen atoms in total. The third-order valence-electron chi connectivity index (χ3n) is 4.69. The Morgan fingerprint density at radius 3 is 2.36 bits per heavy atom. The Bertz CT molecular complexity index is 1190. The fourth-order valence-corrected chi connectivity index (χ4v) is 4.92. The van der Waals surface area contributed by atoms with Gasteiger partial charge in [0, 0.05) is 10.9 Å². The summed E-state index contributed by atoms with van der Waals surface area (Å²) in [6.07, 6.45) is 0. The summed E-state index contributed by atoms with van der Waals surface area (Å²) >= 11 is 0. The zero-order chi connectivity index (χ0) is 19.9. The van der Waals surface area contributed by atoms with Crippen LogP contribution in [-0.4, -0.2) is 33.3 Å². The highest BCUT2D eigenvalue weighted by molar-refractivity contribution is 7.93. The molecule has 0 spiro atoms. The Morgan fingerprint density at radius 2 is 1.64 bits per heavy atom. The number of rotatable bonds is 5. The van der Waals surface area contributed by atoms with Gasteiger partial charge in [-0.1, -0.05) is 54.1 Å². The van der Waals surface area contributed by atoms with Crippen molar-refractivity contribution >= 4 is 38.2 Å². The van der Waals surface area contributed by atoms with E-state index >= 15 is 0 Å². The molecule has 0 N–H and O–H groups in total. The second-order valence-electron chi connectivity index (χ2n) is 6.59. The lowest BCUT2D eigenvalue weighted by Crippen LogP contribution is -2.34. The van der Waals surface area contributed by atoms with E-state index in [1.807, 2.05) is 19.1 Å². The first kappa shape index (κ1) is 18.2. The summed E-state index contributed by atoms with van der Waals surface area (Å²) in [4.78, 5) is 24.6. The van der Waals surface area contributed by atoms with E-state index in [9.17, 15) is 18.0 Å². The van der Waals surface area contributed by atoms with Gasteiger partial charge >= 0.3 is 5.97 Å². The molecule has 0 aromatic heterocycles. The zero-order valence-corrected chi connectivity index (χ0v) is 15.9. The lowest BCUT2D eigenvalue weighted by Gasteiger charge is -2.17. The van der Waals surface area contributed by atoms with Gasteiger partial charge in [0.1, 0.15) is 6.54 Å². The van der Waals surface area contributed by atoms with Crippen molar-refractivity contribution in [2.75, 3.05) is 17.5 Å². The number of Topliss-reactive ketones (excluding diaryl/α,β-unsaturated/α-hetero) is 1. The molecule has 4 rings (SSSR count). The van der Waals surface area contributed by atoms with Gasteiger partial charge in [-0.3, -0.25) is 13.9 Å². The Morgan fingerprint density at radius 1 is 0.964 bits per heavy atom. The van der Waals surface area contributed by atoms with Crippen molar-refractivity contribution in [1.82, 2.24) is 0 Å². The number of esters is 1. The average molecular weight is 395 g/mol. The van der Waals surface area contributed by atoms with Crippen LogP contribution in [0.1, 0.15) is 15.9 Å². The number of hydrogen-bond donors (Lipinski definition) is 0. The van der Waals surface area contributed by atoms with Crippen LogP contribution >= 0.6 is 0 Å². The number of ketones is 1. The first-order chi connectivity index (χ1) is 13.4. The summed E-state index contributed by atoms with van der Waals surface area (Å²) in [7, 11) is -3.84. The molecule has 28 heavy (non-hydrogen) atoms. The molecular weight excluding hydrogens is 378 g/mol. The fraction of sp³-hybridized carbons (Fsp3) is 0.143. The summed E-state index contributed by atoms with van der Waals surface area (Å²) in [5.74, 6) is -1.13. The van der Waals surface area contributed by atoms with Gasteiger partial charge in [0.25, 0.3) is 10.0 Å². The second kappa shape index (κ2) is 6.76. The third kappa shape index (κ3) is 3.03. The molecular formula is C21H17NO5S. The molecule has 0 atom stereocenters. The number of nitrogens with zero attached hydrogens (tertiary/aromatic N) is 1. The third-order valence-corrected chi connectivity index (χ3v) is 6.49. The highest BCUT2D eigenvalue weighted by Crippen LogP contribution is 2.41. The SMILES string of the molecule is Cc1ccc(C(=O)COC(=O)CN2c3cccc4cccc(c34)S2(=O)=O)cc1. The van der Waals surface area contributed by atoms with Crippen molar-refractivity contribution in [2.24, 2.45) is 0 Å². The number of benzene rings is 3. The van der Waals surface area contributed by atoms with Gasteiger partial charge < -0.3 is 4.74 Å². The number of hydrogen-bond acceptors (Lipinski definition) is 5. The van der Waals surface area contributed by atoms with E-state index in [0.29, 0.717) is 16.6 Å². The quantitative estimate of drug-likeness (QED) is 0.490. The van der Waals surface area contributed by atoms with Gasteiger partial charge in [0.05, 0.1) is 10.6 Å². The maximum Gasteiger partial charge on any atom is 0.327 e. The predicted molar refractivity (Wildman–Crippen MR) is 105 cm³/mol. The smallest absolute Gasteiger partial charge is 0.327 e. The van der Waals surface area contributed by atoms with Crippen molar-refractivity contribution in [3.63, 3.8) is 0 Å². The molecule has 0 bridgehead atoms. The summed E-state index contributed by atoms with van der Waals surface area (Å²) < 4.78 is 31.8. The van der Waals surface area contributed by atoms with Crippen LogP contribution in [0, 0.1) is 6.92 Å². The number of anilines is 1. The van der Waals surface area contributed by atoms with Gasteiger partial charge in [0.15, 0.2) is 12.4 Å². The number of aryl methyl sites for hydroxylation is 1. The van der Waals surface area contributed by atoms with E-state index in [2.05, 4.69) is 0 Å². The lowest BCUT2D eigenvalue weighted by molar-refractivity contribution is -0.140. The van der Waals surface area contributed by atoms with Gasteiger partial charge in [-0.15, -0.1) is 0 Å². The monoisotopic (exact) mass is 395 g/mol. The molecule has 3 aromatic rings. The number of carbonyl (C=O) groups excluding carboxylic acids is 2. The van der Waals surface area contributed by atoms with Crippen molar-refractivity contribution < 1.29 is 22.7 Å². The number of carbonyl (C=O) groups is 2. The van der Waals surface area contributed by atoms with E-state index in [4.69, 9.17) is 4.74 Å². The number of ether oxygens (including phenoxy) is 1. The molecule has 0 saturated heterocycles. The van der Waals surface area contributed by atoms with Crippen molar-refractivity contribution in [3.05, 3.63) is 71.8 Å². The first-order valence-electron chi connectivity index (χ1n) is 8.68. The highest BCUT2D eigenvalue weighted by Gasteiger charge is 2.37. The largest absolute Gasteiger partial charge is 0.456 e. The molecule has 0 radical (unpaired) electrons. The van der Waals surface area contributed by atoms with Crippen LogP contribution in [-0.2, 0) is 19.6 Å². The highest BCUT2D eigenvalue weighted by atomic mass is 32.2. The molecule has 1 aliphatic rings. The average Bonchev–Trinajstić information content (AvgIpc) is 2.90. The molecule has 3 aromatic carbocycles. The Labute approximate surface area is 162 Å². The molecule has 142 valence electrons. The molecule has 1 aliphatic heterocycles. The minimum atomic E-state index is -3.84. The minimum absolute atomic E-state index is 0.170. The van der Waals surface area contributed by atoms with Crippen LogP contribution < -0.4 is 4.31 Å². The van der Waals surface area contributed by atoms with E-state index in [0.717, 1.165) is 15.3 Å². The summed E-state index contributed by atoms with van der Waals surface area (Å²) in [5, 5.41) is 1.37. The van der Waals surface area contributed by atoms with E-state index in [-0.39, 0.29) is 10.7 Å². The van der Waals surface area contributed by atoms with E-state index in [1.54, 1.807) is 42.5 Å². The van der Waals surface area contributed by atoms with Crippen LogP contribution in [0.2, 0.25) is 0 Å². The van der Waals surface area contributed by atoms with Gasteiger partial charge in [-0.05, 0) is 24.4 Å². The molecule has 0 fully saturated rings. The normalized spacial score (nSPS) is 14.2. The van der Waals surface area contributed by atoms with Crippen molar-refractivity contribution in [2.45, 2.75) is 11.8 Å². The molecule has 7 heteroatoms. The van der Waals surface area contributed by atoms with Crippen LogP contribution in [0.3, 0.4) is 0 Å². The zero-order valence-electron chi connectivity index (χ0n) is 15.1. The topological polar surface area (TPSA) is 80.8 Å². The van der Waals surface area contributed by atoms with Crippen molar-refractivity contribution in [1.29, 1.82) is 0 Å². The van der Waals surface area contributed by atoms with E-state index in [1.165, 1.54) is 6.07 Å². The predicted octanol–water partition coefficient (Wildman–Crippen LogP) is 3.08. The maximum absolute atomic E-state index is 12.8. The summed E-state index contributed by atoms with van der Waals surface area (Å²) in [5.41, 5.74) is 1.89. The first-order valence-corrected chi connectivity index (χ1v) is 10.1. The lowest BCUT2D eigenvalue weighted by atomic mass is 10.1. The Kier molecular flexibility index (Phi) is 4.39. The molecule has 0 saturated carbocycles. The standard InChI is InChI=1S/C21H17NO5S/c1-14-8-10-15(11-9-14)18(23)13-27-20(24)12-22-17-6-2-4-16-5-3-7-19(21(16)17)28(22,25)26/h2-11H,12-13H2,1H3. The molecule has 0 aliphatic carbocycles. The van der Waals surface area contributed by atoms with Gasteiger partial charge in [-0.2, -0.15) is 0 Å². The minimum Gasteiger partial charge on any atom is -0.456 e. The van der Waals surface area contributed by atoms with Crippen LogP contribution in [0.15, 0.2) is 65.6 Å². The van der Waals surface area contributed by atoms with Crippen LogP contribution in [0.25, 0.3) is 10.8 Å². The van der Waals surface area contributed by atoms with Gasteiger partial charge in [-0.25, -0.2) is 8.42 Å². The maximum atomic E-state index is 12.8. The van der Waals surface area contributed by atoms with Gasteiger partial charge in [0.2, 0.25) is 0 Å². The summed E-state index contributed by atoms with van der Waals surface area (Å²) in [6.45, 7) is 0.980. The van der Waals surface area contributed by atoms with Crippen molar-refractivity contribution in [3.8, 4) is 0 Å². The molecule has 0 unspecified atom stereocenters. The Hall–Kier alpha value is -3.19. The molecule has 1 heterocycles. The Balaban J connectivity index is 1.50. The van der Waals surface area contributed by atoms with Crippen LogP contribution in [0.4, 0.5) is 5.69 Å². The van der Waals surface area contributed by atoms with E-state index < -0.39 is 29.1 Å². The van der Waals surface area contributed by atoms with Crippen LogP contribution in [0.5, 0.6) is 0 Å².